The Bertz CT molecular complexity index is 2810. The van der Waals surface area contributed by atoms with Crippen molar-refractivity contribution in [2.24, 2.45) is 15.0 Å². The topological polar surface area (TPSA) is 144 Å². The molecule has 2 fully saturated rings. The number of morpholine rings is 2. The highest BCUT2D eigenvalue weighted by Gasteiger charge is 2.23. The van der Waals surface area contributed by atoms with Crippen LogP contribution in [0.1, 0.15) is 44.6 Å². The number of pyridine rings is 2. The van der Waals surface area contributed by atoms with Gasteiger partial charge in [-0.25, -0.2) is 0 Å². The second kappa shape index (κ2) is 18.4. The number of anilines is 4. The molecule has 0 unspecified atom stereocenters. The molecule has 0 saturated carbocycles. The standard InChI is InChI=1S/C26H24N4O.C18H20N4O.C7H6N2/c1-17-6-7-27-25(12-17)26-16-19-13-18(2-4-22(19)29-26)24-15-20-14-21(3-5-23(20)28-24)30-8-10-31-11-9-30;19-15-3-1-12(10-16(15)20)18-11-13-9-14(2-4-17(13)21-18)22-5-7-23-8-6-22;1-6-3-4-9-7(5-6)8-2/h2-7,12-14H,8-11,15-16H2,1H3;1-4,9-10H,5-8,11,19-20H2;3-5H,1H3. The molecule has 316 valence electrons. The maximum absolute atomic E-state index is 6.60. The van der Waals surface area contributed by atoms with E-state index < -0.39 is 0 Å². The van der Waals surface area contributed by atoms with Crippen LogP contribution >= 0.6 is 0 Å². The molecule has 5 aliphatic rings. The molecule has 11 rings (SSSR count). The fourth-order valence-corrected chi connectivity index (χ4v) is 8.30. The number of hydrogen-bond acceptors (Lipinski definition) is 11. The maximum Gasteiger partial charge on any atom is 0.269 e. The number of ether oxygens (including phenoxy) is 2. The molecular weight excluding hydrogens is 785 g/mol. The molecule has 2 aromatic heterocycles. The molecule has 0 aliphatic carbocycles. The Morgan fingerprint density at radius 1 is 0.524 bits per heavy atom. The Labute approximate surface area is 368 Å². The van der Waals surface area contributed by atoms with E-state index in [1.165, 1.54) is 39.2 Å². The first-order chi connectivity index (χ1) is 30.8. The fourth-order valence-electron chi connectivity index (χ4n) is 8.30. The molecule has 7 heterocycles. The Hall–Kier alpha value is -7.20. The van der Waals surface area contributed by atoms with Gasteiger partial charge >= 0.3 is 0 Å². The van der Waals surface area contributed by atoms with Crippen LogP contribution in [0, 0.1) is 20.4 Å². The lowest BCUT2D eigenvalue weighted by Crippen LogP contribution is -2.36. The van der Waals surface area contributed by atoms with Crippen molar-refractivity contribution in [1.29, 1.82) is 0 Å². The molecule has 6 aromatic rings. The number of fused-ring (bicyclic) bond motifs is 3. The van der Waals surface area contributed by atoms with Crippen molar-refractivity contribution in [2.45, 2.75) is 33.1 Å². The van der Waals surface area contributed by atoms with Crippen LogP contribution in [0.3, 0.4) is 0 Å². The summed E-state index contributed by atoms with van der Waals surface area (Å²) >= 11 is 0. The van der Waals surface area contributed by atoms with Crippen molar-refractivity contribution in [3.8, 4) is 0 Å². The monoisotopic (exact) mass is 834 g/mol. The van der Waals surface area contributed by atoms with Gasteiger partial charge in [0.25, 0.3) is 5.82 Å². The summed E-state index contributed by atoms with van der Waals surface area (Å²) in [6, 6.07) is 33.2. The number of nitrogens with two attached hydrogens (primary N) is 2. The maximum atomic E-state index is 6.60. The van der Waals surface area contributed by atoms with Crippen LogP contribution in [0.4, 0.5) is 45.6 Å². The minimum absolute atomic E-state index is 0.468. The van der Waals surface area contributed by atoms with Crippen molar-refractivity contribution in [2.75, 3.05) is 73.9 Å². The molecule has 12 nitrogen and oxygen atoms in total. The SMILES string of the molecule is Cc1ccnc(C2=Nc3ccc(C4=Nc5ccc(N6CCOCC6)cc5C4)cc3C2)c1.Nc1ccc(C2=Nc3ccc(N4CCOCC4)cc3C2)cc1N.[C-]#[N+]c1cc(C)ccn1. The molecular formula is C51H50N10O2. The first-order valence-corrected chi connectivity index (χ1v) is 21.4. The van der Waals surface area contributed by atoms with Crippen LogP contribution in [0.5, 0.6) is 0 Å². The highest BCUT2D eigenvalue weighted by Crippen LogP contribution is 2.36. The summed E-state index contributed by atoms with van der Waals surface area (Å²) in [5, 5.41) is 0. The highest BCUT2D eigenvalue weighted by atomic mass is 16.5. The summed E-state index contributed by atoms with van der Waals surface area (Å²) in [7, 11) is 0. The lowest BCUT2D eigenvalue weighted by atomic mass is 9.99. The summed E-state index contributed by atoms with van der Waals surface area (Å²) in [6.45, 7) is 17.6. The third kappa shape index (κ3) is 9.50. The van der Waals surface area contributed by atoms with Crippen molar-refractivity contribution in [3.05, 3.63) is 166 Å². The van der Waals surface area contributed by atoms with Crippen molar-refractivity contribution < 1.29 is 9.47 Å². The van der Waals surface area contributed by atoms with Gasteiger partial charge in [-0.2, -0.15) is 0 Å². The Morgan fingerprint density at radius 2 is 1.02 bits per heavy atom. The zero-order valence-corrected chi connectivity index (χ0v) is 35.7. The van der Waals surface area contributed by atoms with Gasteiger partial charge in [-0.05, 0) is 132 Å². The molecule has 0 amide bonds. The van der Waals surface area contributed by atoms with E-state index >= 15 is 0 Å². The average molecular weight is 835 g/mol. The molecule has 4 aromatic carbocycles. The minimum Gasteiger partial charge on any atom is -0.397 e. The molecule has 4 N–H and O–H groups in total. The number of nitrogen functional groups attached to an aromatic ring is 2. The predicted octanol–water partition coefficient (Wildman–Crippen LogP) is 8.89. The van der Waals surface area contributed by atoms with Gasteiger partial charge < -0.3 is 35.6 Å². The normalized spacial score (nSPS) is 15.9. The number of hydrogen-bond donors (Lipinski definition) is 2. The van der Waals surface area contributed by atoms with Gasteiger partial charge in [-0.15, -0.1) is 4.98 Å². The first kappa shape index (κ1) is 41.2. The summed E-state index contributed by atoms with van der Waals surface area (Å²) in [4.78, 5) is 30.8. The number of rotatable bonds is 5. The van der Waals surface area contributed by atoms with E-state index in [1.54, 1.807) is 12.3 Å². The van der Waals surface area contributed by atoms with E-state index in [-0.39, 0.29) is 0 Å². The first-order valence-electron chi connectivity index (χ1n) is 21.4. The van der Waals surface area contributed by atoms with Gasteiger partial charge in [-0.1, -0.05) is 24.3 Å². The zero-order chi connectivity index (χ0) is 43.3. The van der Waals surface area contributed by atoms with E-state index in [0.717, 1.165) is 123 Å². The Kier molecular flexibility index (Phi) is 12.0. The summed E-state index contributed by atoms with van der Waals surface area (Å²) in [6.07, 6.45) is 6.03. The van der Waals surface area contributed by atoms with Gasteiger partial charge in [0.15, 0.2) is 0 Å². The van der Waals surface area contributed by atoms with Crippen LogP contribution in [0.15, 0.2) is 124 Å². The smallest absolute Gasteiger partial charge is 0.269 e. The van der Waals surface area contributed by atoms with E-state index in [4.69, 9.17) is 42.5 Å². The van der Waals surface area contributed by atoms with E-state index in [2.05, 4.69) is 92.2 Å². The lowest BCUT2D eigenvalue weighted by molar-refractivity contribution is 0.122. The Morgan fingerprint density at radius 3 is 1.56 bits per heavy atom. The zero-order valence-electron chi connectivity index (χ0n) is 35.7. The predicted molar refractivity (Wildman–Crippen MR) is 255 cm³/mol. The number of aryl methyl sites for hydroxylation is 2. The molecule has 5 aliphatic heterocycles. The van der Waals surface area contributed by atoms with Gasteiger partial charge in [-0.3, -0.25) is 20.0 Å². The van der Waals surface area contributed by atoms with Gasteiger partial charge in [0, 0.05) is 63.0 Å². The lowest BCUT2D eigenvalue weighted by Gasteiger charge is -2.29. The van der Waals surface area contributed by atoms with E-state index in [0.29, 0.717) is 17.2 Å². The molecule has 12 heteroatoms. The van der Waals surface area contributed by atoms with Crippen LogP contribution < -0.4 is 21.3 Å². The highest BCUT2D eigenvalue weighted by molar-refractivity contribution is 6.09. The number of nitrogens with zero attached hydrogens (tertiary/aromatic N) is 8. The van der Waals surface area contributed by atoms with E-state index in [9.17, 15) is 0 Å². The Balaban J connectivity index is 0.000000138. The van der Waals surface area contributed by atoms with Crippen molar-refractivity contribution in [3.63, 3.8) is 0 Å². The second-order valence-corrected chi connectivity index (χ2v) is 16.2. The van der Waals surface area contributed by atoms with Crippen LogP contribution in [-0.2, 0) is 28.7 Å². The quantitative estimate of drug-likeness (QED) is 0.130. The van der Waals surface area contributed by atoms with Crippen LogP contribution in [-0.4, -0.2) is 79.7 Å². The summed E-state index contributed by atoms with van der Waals surface area (Å²) in [5.74, 6) is 0.468. The van der Waals surface area contributed by atoms with Gasteiger partial charge in [0.2, 0.25) is 0 Å². The van der Waals surface area contributed by atoms with Crippen LogP contribution in [0.25, 0.3) is 4.85 Å². The third-order valence-corrected chi connectivity index (χ3v) is 11.8. The third-order valence-electron chi connectivity index (χ3n) is 11.8. The molecule has 0 bridgehead atoms. The number of aliphatic imine (C=N–C) groups is 3. The van der Waals surface area contributed by atoms with Gasteiger partial charge in [0.1, 0.15) is 6.20 Å². The minimum atomic E-state index is 0.468. The van der Waals surface area contributed by atoms with Gasteiger partial charge in [0.05, 0.1) is 77.7 Å². The molecule has 0 radical (unpaired) electrons. The van der Waals surface area contributed by atoms with Crippen molar-refractivity contribution >= 4 is 62.8 Å². The van der Waals surface area contributed by atoms with Crippen molar-refractivity contribution in [1.82, 2.24) is 9.97 Å². The molecule has 63 heavy (non-hydrogen) atoms. The fraction of sp³-hybridized carbons (Fsp3) is 0.255. The molecule has 0 atom stereocenters. The average Bonchev–Trinajstić information content (AvgIpc) is 4.07. The number of benzene rings is 4. The largest absolute Gasteiger partial charge is 0.397 e. The number of aromatic nitrogens is 2. The van der Waals surface area contributed by atoms with E-state index in [1.807, 2.05) is 43.5 Å². The molecule has 0 spiro atoms. The summed E-state index contributed by atoms with van der Waals surface area (Å²) in [5.41, 5.74) is 31.2. The summed E-state index contributed by atoms with van der Waals surface area (Å²) < 4.78 is 10.9. The second-order valence-electron chi connectivity index (χ2n) is 16.2. The van der Waals surface area contributed by atoms with Crippen LogP contribution in [0.2, 0.25) is 0 Å². The molecule has 2 saturated heterocycles.